The third-order valence-corrected chi connectivity index (χ3v) is 9.24. The number of benzene rings is 9. The highest BCUT2D eigenvalue weighted by Crippen LogP contribution is 2.34. The van der Waals surface area contributed by atoms with E-state index < -0.39 is 72.0 Å². The summed E-state index contributed by atoms with van der Waals surface area (Å²) in [5, 5.41) is 5.68. The van der Waals surface area contributed by atoms with Crippen molar-refractivity contribution in [3.8, 4) is 56.4 Å². The molecule has 0 aliphatic rings. The largest absolute Gasteiger partial charge is 0.208 e. The lowest BCUT2D eigenvalue weighted by atomic mass is 9.96. The number of hydrogen-bond donors (Lipinski definition) is 0. The van der Waals surface area contributed by atoms with Crippen LogP contribution in [0.3, 0.4) is 0 Å². The second-order valence-electron chi connectivity index (χ2n) is 12.4. The summed E-state index contributed by atoms with van der Waals surface area (Å²) in [5.41, 5.74) is 1.48. The Labute approximate surface area is 317 Å². The quantitative estimate of drug-likeness (QED) is 0.171. The molecule has 10 aromatic rings. The molecular weight excluding hydrogens is 631 g/mol. The van der Waals surface area contributed by atoms with Crippen LogP contribution >= 0.6 is 0 Å². The zero-order chi connectivity index (χ0) is 44.0. The Hall–Kier alpha value is -6.97. The molecule has 0 amide bonds. The Bertz CT molecular complexity index is 3570. The van der Waals surface area contributed by atoms with E-state index >= 15 is 0 Å². The smallest absolute Gasteiger partial charge is 0.164 e. The average Bonchev–Trinajstić information content (AvgIpc) is 3.31. The van der Waals surface area contributed by atoms with Gasteiger partial charge in [0.2, 0.25) is 0 Å². The summed E-state index contributed by atoms with van der Waals surface area (Å²) < 4.78 is 96.4. The Balaban J connectivity index is 1.16. The lowest BCUT2D eigenvalue weighted by Crippen LogP contribution is -2.00. The molecule has 1 aromatic heterocycles. The lowest BCUT2D eigenvalue weighted by molar-refractivity contribution is 1.08. The van der Waals surface area contributed by atoms with E-state index in [2.05, 4.69) is 30.3 Å². The molecule has 52 heavy (non-hydrogen) atoms. The molecule has 3 nitrogen and oxygen atoms in total. The van der Waals surface area contributed by atoms with Gasteiger partial charge in [0.15, 0.2) is 17.5 Å². The van der Waals surface area contributed by atoms with Crippen LogP contribution in [-0.4, -0.2) is 15.0 Å². The first-order valence-corrected chi connectivity index (χ1v) is 16.7. The molecule has 9 aromatic carbocycles. The van der Waals surface area contributed by atoms with Gasteiger partial charge >= 0.3 is 0 Å². The highest BCUT2D eigenvalue weighted by Gasteiger charge is 2.15. The second kappa shape index (κ2) is 12.4. The maximum atomic E-state index is 9.24. The molecule has 0 bridgehead atoms. The van der Waals surface area contributed by atoms with E-state index in [-0.39, 0.29) is 21.9 Å². The van der Waals surface area contributed by atoms with Crippen LogP contribution in [0, 0.1) is 0 Å². The maximum Gasteiger partial charge on any atom is 0.164 e. The first-order chi connectivity index (χ1) is 30.3. The van der Waals surface area contributed by atoms with Gasteiger partial charge in [0.1, 0.15) is 0 Å². The number of fused-ring (bicyclic) bond motifs is 5. The van der Waals surface area contributed by atoms with Crippen LogP contribution in [0.5, 0.6) is 0 Å². The van der Waals surface area contributed by atoms with Crippen LogP contribution in [-0.2, 0) is 0 Å². The van der Waals surface area contributed by atoms with E-state index in [4.69, 9.17) is 24.5 Å². The van der Waals surface area contributed by atoms with Crippen LogP contribution in [0.1, 0.15) is 15.1 Å². The second-order valence-corrected chi connectivity index (χ2v) is 12.4. The minimum Gasteiger partial charge on any atom is -0.208 e. The molecule has 0 aliphatic carbocycles. The van der Waals surface area contributed by atoms with Gasteiger partial charge in [-0.15, -0.1) is 0 Å². The van der Waals surface area contributed by atoms with E-state index in [1.165, 1.54) is 0 Å². The normalized spacial score (nSPS) is 14.4. The van der Waals surface area contributed by atoms with Crippen molar-refractivity contribution in [1.29, 1.82) is 0 Å². The molecule has 0 atom stereocenters. The van der Waals surface area contributed by atoms with Crippen molar-refractivity contribution in [3.05, 3.63) is 188 Å². The lowest BCUT2D eigenvalue weighted by Gasteiger charge is -2.12. The first kappa shape index (κ1) is 20.6. The standard InChI is InChI=1S/C49H31N3/c1-2-12-38-30-41(27-21-32(38)9-1)48-50-47(51-49(52-48)42-28-26-37-25-24-35-11-4-6-17-45(35)46(37)31-42)40-15-7-14-39(29-40)33-19-22-36(23-20-33)44-18-8-13-34-10-3-5-16-43(34)44/h1-31H/i3D,5D,8D,10D,13D,16D,18D,19D,20D,22D,23D. The monoisotopic (exact) mass is 672 g/mol. The summed E-state index contributed by atoms with van der Waals surface area (Å²) >= 11 is 0. The SMILES string of the molecule is [2H]c1c([2H])c(-c2c([2H])c([2H])c([2H])c3c([2H])c([2H])c([2H])c([2H])c23)c([2H])c([2H])c1-c1cccc(-c2nc(-c3ccc4ccccc4c3)nc(-c3ccc4ccc5ccccc5c4c3)n2)c1. The van der Waals surface area contributed by atoms with E-state index in [1.807, 2.05) is 66.7 Å². The van der Waals surface area contributed by atoms with Crippen molar-refractivity contribution < 1.29 is 15.1 Å². The number of hydrogen-bond acceptors (Lipinski definition) is 3. The van der Waals surface area contributed by atoms with Gasteiger partial charge in [0.05, 0.1) is 15.1 Å². The van der Waals surface area contributed by atoms with E-state index in [0.717, 1.165) is 43.4 Å². The molecule has 0 saturated heterocycles. The van der Waals surface area contributed by atoms with Gasteiger partial charge in [-0.3, -0.25) is 0 Å². The third-order valence-electron chi connectivity index (χ3n) is 9.24. The van der Waals surface area contributed by atoms with Gasteiger partial charge in [-0.2, -0.15) is 0 Å². The molecule has 0 radical (unpaired) electrons. The minimum atomic E-state index is -0.673. The predicted molar refractivity (Wildman–Crippen MR) is 217 cm³/mol. The summed E-state index contributed by atoms with van der Waals surface area (Å²) in [5.74, 6) is 1.13. The van der Waals surface area contributed by atoms with Crippen molar-refractivity contribution in [3.63, 3.8) is 0 Å². The van der Waals surface area contributed by atoms with Gasteiger partial charge < -0.3 is 0 Å². The highest BCUT2D eigenvalue weighted by molar-refractivity contribution is 6.08. The van der Waals surface area contributed by atoms with Gasteiger partial charge in [-0.05, 0) is 83.5 Å². The fourth-order valence-corrected chi connectivity index (χ4v) is 6.63. The molecule has 0 unspecified atom stereocenters. The minimum absolute atomic E-state index is 0.0676. The summed E-state index contributed by atoms with van der Waals surface area (Å²) in [4.78, 5) is 15.0. The number of rotatable bonds is 5. The molecule has 0 saturated carbocycles. The summed E-state index contributed by atoms with van der Waals surface area (Å²) in [7, 11) is 0. The zero-order valence-electron chi connectivity index (χ0n) is 38.4. The first-order valence-electron chi connectivity index (χ1n) is 22.2. The Morgan fingerprint density at radius 1 is 0.308 bits per heavy atom. The van der Waals surface area contributed by atoms with Crippen molar-refractivity contribution >= 4 is 43.1 Å². The van der Waals surface area contributed by atoms with Gasteiger partial charge in [-0.1, -0.05) is 170 Å². The molecule has 1 heterocycles. The third kappa shape index (κ3) is 5.37. The van der Waals surface area contributed by atoms with Crippen LogP contribution in [0.25, 0.3) is 99.5 Å². The van der Waals surface area contributed by atoms with Crippen molar-refractivity contribution in [2.45, 2.75) is 0 Å². The topological polar surface area (TPSA) is 38.7 Å². The van der Waals surface area contributed by atoms with E-state index in [1.54, 1.807) is 24.3 Å². The Kier molecular flexibility index (Phi) is 4.93. The van der Waals surface area contributed by atoms with Gasteiger partial charge in [0, 0.05) is 16.7 Å². The summed E-state index contributed by atoms with van der Waals surface area (Å²) in [6.45, 7) is 0. The molecule has 0 N–H and O–H groups in total. The number of aromatic nitrogens is 3. The van der Waals surface area contributed by atoms with Crippen molar-refractivity contribution in [2.75, 3.05) is 0 Å². The molecule has 0 aliphatic heterocycles. The maximum absolute atomic E-state index is 9.24. The van der Waals surface area contributed by atoms with Crippen molar-refractivity contribution in [2.24, 2.45) is 0 Å². The average molecular weight is 673 g/mol. The Morgan fingerprint density at radius 3 is 1.69 bits per heavy atom. The Morgan fingerprint density at radius 2 is 0.885 bits per heavy atom. The molecule has 0 fully saturated rings. The van der Waals surface area contributed by atoms with Gasteiger partial charge in [-0.25, -0.2) is 15.0 Å². The van der Waals surface area contributed by atoms with Crippen LogP contribution in [0.15, 0.2) is 188 Å². The fraction of sp³-hybridized carbons (Fsp3) is 0. The predicted octanol–water partition coefficient (Wildman–Crippen LogP) is 12.8. The molecule has 3 heteroatoms. The number of nitrogens with zero attached hydrogens (tertiary/aromatic N) is 3. The molecule has 10 rings (SSSR count). The van der Waals surface area contributed by atoms with Crippen LogP contribution < -0.4 is 0 Å². The summed E-state index contributed by atoms with van der Waals surface area (Å²) in [6, 6.07) is 32.7. The summed E-state index contributed by atoms with van der Waals surface area (Å²) in [6.07, 6.45) is 0. The zero-order valence-corrected chi connectivity index (χ0v) is 27.4. The van der Waals surface area contributed by atoms with Crippen LogP contribution in [0.4, 0.5) is 0 Å². The molecule has 0 spiro atoms. The fourth-order valence-electron chi connectivity index (χ4n) is 6.63. The highest BCUT2D eigenvalue weighted by atomic mass is 15.0. The molecule has 242 valence electrons. The van der Waals surface area contributed by atoms with E-state index in [0.29, 0.717) is 28.6 Å². The van der Waals surface area contributed by atoms with Crippen molar-refractivity contribution in [1.82, 2.24) is 15.0 Å². The molecular formula is C49H31N3. The van der Waals surface area contributed by atoms with Crippen LogP contribution in [0.2, 0.25) is 0 Å². The van der Waals surface area contributed by atoms with Gasteiger partial charge in [0.25, 0.3) is 0 Å². The van der Waals surface area contributed by atoms with E-state index in [9.17, 15) is 5.48 Å².